The van der Waals surface area contributed by atoms with Crippen molar-refractivity contribution in [2.75, 3.05) is 19.5 Å². The molecule has 2 amide bonds. The molecule has 0 aliphatic rings. The lowest BCUT2D eigenvalue weighted by molar-refractivity contribution is -0.115. The molecule has 0 saturated heterocycles. The van der Waals surface area contributed by atoms with E-state index >= 15 is 0 Å². The highest BCUT2D eigenvalue weighted by molar-refractivity contribution is 5.98. The maximum atomic E-state index is 12.2. The molecule has 0 fully saturated rings. The average Bonchev–Trinajstić information content (AvgIpc) is 2.68. The number of amides is 2. The van der Waals surface area contributed by atoms with Crippen LogP contribution in [0.15, 0.2) is 41.5 Å². The van der Waals surface area contributed by atoms with E-state index < -0.39 is 5.91 Å². The van der Waals surface area contributed by atoms with Crippen molar-refractivity contribution in [1.29, 1.82) is 0 Å². The van der Waals surface area contributed by atoms with Crippen molar-refractivity contribution in [3.63, 3.8) is 0 Å². The highest BCUT2D eigenvalue weighted by Crippen LogP contribution is 2.31. The third-order valence-corrected chi connectivity index (χ3v) is 3.64. The van der Waals surface area contributed by atoms with E-state index in [4.69, 9.17) is 9.47 Å². The minimum atomic E-state index is -0.467. The van der Waals surface area contributed by atoms with E-state index in [2.05, 4.69) is 15.8 Å². The molecule has 27 heavy (non-hydrogen) atoms. The zero-order valence-electron chi connectivity index (χ0n) is 15.3. The Morgan fingerprint density at radius 3 is 2.63 bits per heavy atom. The number of hydrogen-bond donors (Lipinski definition) is 3. The second-order valence-electron chi connectivity index (χ2n) is 5.44. The van der Waals surface area contributed by atoms with E-state index in [-0.39, 0.29) is 11.7 Å². The molecule has 0 aromatic heterocycles. The van der Waals surface area contributed by atoms with Gasteiger partial charge in [-0.25, -0.2) is 5.43 Å². The monoisotopic (exact) mass is 371 g/mol. The SMILES string of the molecule is CCC(=O)Nc1cccc(C(=O)NN=Cc2c(O)cc(OC)cc2OC)c1. The molecule has 2 aromatic carbocycles. The topological polar surface area (TPSA) is 109 Å². The highest BCUT2D eigenvalue weighted by Gasteiger charge is 2.11. The van der Waals surface area contributed by atoms with Crippen LogP contribution >= 0.6 is 0 Å². The van der Waals surface area contributed by atoms with Gasteiger partial charge in [-0.05, 0) is 18.2 Å². The lowest BCUT2D eigenvalue weighted by Gasteiger charge is -2.09. The molecule has 0 radical (unpaired) electrons. The first-order chi connectivity index (χ1) is 13.0. The summed E-state index contributed by atoms with van der Waals surface area (Å²) < 4.78 is 10.2. The Bertz CT molecular complexity index is 864. The summed E-state index contributed by atoms with van der Waals surface area (Å²) in [6.45, 7) is 1.74. The van der Waals surface area contributed by atoms with Crippen LogP contribution in [0.4, 0.5) is 5.69 Å². The minimum absolute atomic E-state index is 0.103. The number of anilines is 1. The number of hydrazone groups is 1. The smallest absolute Gasteiger partial charge is 0.271 e. The first-order valence-electron chi connectivity index (χ1n) is 8.16. The predicted molar refractivity (Wildman–Crippen MR) is 102 cm³/mol. The predicted octanol–water partition coefficient (Wildman–Crippen LogP) is 2.52. The third kappa shape index (κ3) is 5.21. The number of phenols is 1. The summed E-state index contributed by atoms with van der Waals surface area (Å²) in [6, 6.07) is 9.48. The fourth-order valence-corrected chi connectivity index (χ4v) is 2.21. The van der Waals surface area contributed by atoms with Crippen molar-refractivity contribution in [2.45, 2.75) is 13.3 Å². The second-order valence-corrected chi connectivity index (χ2v) is 5.44. The van der Waals surface area contributed by atoms with Crippen LogP contribution in [0.2, 0.25) is 0 Å². The Labute approximate surface area is 156 Å². The third-order valence-electron chi connectivity index (χ3n) is 3.64. The number of ether oxygens (including phenoxy) is 2. The molecular weight excluding hydrogens is 350 g/mol. The number of aromatic hydroxyl groups is 1. The molecule has 8 heteroatoms. The molecule has 0 bridgehead atoms. The summed E-state index contributed by atoms with van der Waals surface area (Å²) in [6.07, 6.45) is 1.61. The van der Waals surface area contributed by atoms with Gasteiger partial charge in [-0.3, -0.25) is 9.59 Å². The Kier molecular flexibility index (Phi) is 6.76. The number of carbonyl (C=O) groups excluding carboxylic acids is 2. The van der Waals surface area contributed by atoms with Gasteiger partial charge >= 0.3 is 0 Å². The van der Waals surface area contributed by atoms with Crippen LogP contribution in [0, 0.1) is 0 Å². The summed E-state index contributed by atoms with van der Waals surface area (Å²) in [7, 11) is 2.92. The quantitative estimate of drug-likeness (QED) is 0.512. The van der Waals surface area contributed by atoms with Gasteiger partial charge in [0.05, 0.1) is 26.0 Å². The highest BCUT2D eigenvalue weighted by atomic mass is 16.5. The molecule has 3 N–H and O–H groups in total. The lowest BCUT2D eigenvalue weighted by atomic mass is 10.2. The Balaban J connectivity index is 2.12. The van der Waals surface area contributed by atoms with E-state index in [9.17, 15) is 14.7 Å². The van der Waals surface area contributed by atoms with Crippen molar-refractivity contribution in [2.24, 2.45) is 5.10 Å². The Hall–Kier alpha value is -3.55. The minimum Gasteiger partial charge on any atom is -0.507 e. The van der Waals surface area contributed by atoms with Gasteiger partial charge in [0.25, 0.3) is 5.91 Å². The summed E-state index contributed by atoms with van der Waals surface area (Å²) in [4.78, 5) is 23.7. The molecule has 8 nitrogen and oxygen atoms in total. The van der Waals surface area contributed by atoms with E-state index in [1.807, 2.05) is 0 Å². The van der Waals surface area contributed by atoms with Crippen LogP contribution in [-0.2, 0) is 4.79 Å². The summed E-state index contributed by atoms with van der Waals surface area (Å²) in [5.41, 5.74) is 3.51. The van der Waals surface area contributed by atoms with Crippen LogP contribution < -0.4 is 20.2 Å². The molecule has 0 aliphatic carbocycles. The Morgan fingerprint density at radius 1 is 1.19 bits per heavy atom. The van der Waals surface area contributed by atoms with Crippen LogP contribution in [0.5, 0.6) is 17.2 Å². The number of methoxy groups -OCH3 is 2. The van der Waals surface area contributed by atoms with Crippen LogP contribution in [0.3, 0.4) is 0 Å². The van der Waals surface area contributed by atoms with Crippen molar-refractivity contribution in [3.8, 4) is 17.2 Å². The molecule has 0 unspecified atom stereocenters. The second kappa shape index (κ2) is 9.23. The maximum Gasteiger partial charge on any atom is 0.271 e. The van der Waals surface area contributed by atoms with Gasteiger partial charge in [0, 0.05) is 29.8 Å². The molecule has 0 saturated carbocycles. The zero-order chi connectivity index (χ0) is 19.8. The van der Waals surface area contributed by atoms with Crippen LogP contribution in [0.25, 0.3) is 0 Å². The number of rotatable bonds is 7. The van der Waals surface area contributed by atoms with Gasteiger partial charge in [0.1, 0.15) is 17.2 Å². The number of nitrogens with zero attached hydrogens (tertiary/aromatic N) is 1. The van der Waals surface area contributed by atoms with Crippen molar-refractivity contribution < 1.29 is 24.2 Å². The van der Waals surface area contributed by atoms with Crippen molar-refractivity contribution in [3.05, 3.63) is 47.5 Å². The van der Waals surface area contributed by atoms with E-state index in [0.717, 1.165) is 0 Å². The fourth-order valence-electron chi connectivity index (χ4n) is 2.21. The fraction of sp³-hybridized carbons (Fsp3) is 0.211. The van der Waals surface area contributed by atoms with E-state index in [1.165, 1.54) is 26.5 Å². The standard InChI is InChI=1S/C19H21N3O5/c1-4-18(24)21-13-7-5-6-12(8-13)19(25)22-20-11-15-16(23)9-14(26-2)10-17(15)27-3/h5-11,23H,4H2,1-3H3,(H,21,24)(H,22,25). The van der Waals surface area contributed by atoms with Gasteiger partial charge in [-0.15, -0.1) is 0 Å². The average molecular weight is 371 g/mol. The number of nitrogens with one attached hydrogen (secondary N) is 2. The molecule has 0 aliphatic heterocycles. The number of phenolic OH excluding ortho intramolecular Hbond substituents is 1. The number of carbonyl (C=O) groups is 2. The van der Waals surface area contributed by atoms with Gasteiger partial charge < -0.3 is 19.9 Å². The van der Waals surface area contributed by atoms with Gasteiger partial charge in [0.2, 0.25) is 5.91 Å². The molecule has 142 valence electrons. The largest absolute Gasteiger partial charge is 0.507 e. The first-order valence-corrected chi connectivity index (χ1v) is 8.16. The van der Waals surface area contributed by atoms with Crippen molar-refractivity contribution in [1.82, 2.24) is 5.43 Å². The molecule has 2 aromatic rings. The van der Waals surface area contributed by atoms with Crippen LogP contribution in [-0.4, -0.2) is 37.4 Å². The van der Waals surface area contributed by atoms with Crippen LogP contribution in [0.1, 0.15) is 29.3 Å². The number of benzene rings is 2. The molecule has 2 rings (SSSR count). The molecule has 0 heterocycles. The van der Waals surface area contributed by atoms with E-state index in [0.29, 0.717) is 34.7 Å². The zero-order valence-corrected chi connectivity index (χ0v) is 15.3. The normalized spacial score (nSPS) is 10.5. The molecule has 0 atom stereocenters. The maximum absolute atomic E-state index is 12.2. The summed E-state index contributed by atoms with van der Waals surface area (Å²) in [5.74, 6) is 0.0533. The van der Waals surface area contributed by atoms with Gasteiger partial charge in [-0.2, -0.15) is 5.10 Å². The molecular formula is C19H21N3O5. The molecule has 0 spiro atoms. The van der Waals surface area contributed by atoms with Gasteiger partial charge in [0.15, 0.2) is 0 Å². The number of hydrogen-bond acceptors (Lipinski definition) is 6. The van der Waals surface area contributed by atoms with Crippen molar-refractivity contribution >= 4 is 23.7 Å². The lowest BCUT2D eigenvalue weighted by Crippen LogP contribution is -2.18. The first kappa shape index (κ1) is 19.8. The van der Waals surface area contributed by atoms with Gasteiger partial charge in [-0.1, -0.05) is 13.0 Å². The summed E-state index contributed by atoms with van der Waals surface area (Å²) in [5, 5.41) is 16.6. The van der Waals surface area contributed by atoms with E-state index in [1.54, 1.807) is 37.3 Å². The summed E-state index contributed by atoms with van der Waals surface area (Å²) >= 11 is 0. The Morgan fingerprint density at radius 2 is 1.96 bits per heavy atom.